The average Bonchev–Trinajstić information content (AvgIpc) is 2.82. The van der Waals surface area contributed by atoms with Crippen molar-refractivity contribution in [1.82, 2.24) is 10.6 Å². The molecule has 0 saturated carbocycles. The molecule has 0 aliphatic rings. The number of benzene rings is 3. The SMILES string of the molecule is NC(=O)c1ccccc1OCc1cccc(C(=O)NCCC(=O)NCc2ccccc2)c1. The number of nitrogens with two attached hydrogens (primary N) is 1. The molecule has 3 aromatic carbocycles. The lowest BCUT2D eigenvalue weighted by atomic mass is 10.1. The van der Waals surface area contributed by atoms with Crippen molar-refractivity contribution >= 4 is 17.7 Å². The van der Waals surface area contributed by atoms with Gasteiger partial charge in [-0.15, -0.1) is 0 Å². The van der Waals surface area contributed by atoms with E-state index < -0.39 is 5.91 Å². The van der Waals surface area contributed by atoms with Gasteiger partial charge in [0.2, 0.25) is 5.91 Å². The van der Waals surface area contributed by atoms with Crippen molar-refractivity contribution in [3.8, 4) is 5.75 Å². The largest absolute Gasteiger partial charge is 0.488 e. The lowest BCUT2D eigenvalue weighted by Gasteiger charge is -2.11. The van der Waals surface area contributed by atoms with Crippen LogP contribution < -0.4 is 21.1 Å². The average molecular weight is 431 g/mol. The Morgan fingerprint density at radius 3 is 2.31 bits per heavy atom. The molecule has 0 aliphatic carbocycles. The molecule has 0 aromatic heterocycles. The molecular weight excluding hydrogens is 406 g/mol. The molecule has 0 spiro atoms. The molecule has 3 aromatic rings. The summed E-state index contributed by atoms with van der Waals surface area (Å²) in [5, 5.41) is 5.58. The minimum Gasteiger partial charge on any atom is -0.488 e. The molecule has 0 fully saturated rings. The molecule has 0 heterocycles. The predicted molar refractivity (Wildman–Crippen MR) is 121 cm³/mol. The highest BCUT2D eigenvalue weighted by molar-refractivity contribution is 5.95. The summed E-state index contributed by atoms with van der Waals surface area (Å²) >= 11 is 0. The van der Waals surface area contributed by atoms with Crippen LogP contribution in [-0.4, -0.2) is 24.3 Å². The summed E-state index contributed by atoms with van der Waals surface area (Å²) in [6.45, 7) is 0.855. The lowest BCUT2D eigenvalue weighted by molar-refractivity contribution is -0.121. The second-order valence-electron chi connectivity index (χ2n) is 7.12. The Kier molecular flexibility index (Phi) is 7.97. The molecule has 164 valence electrons. The van der Waals surface area contributed by atoms with Crippen molar-refractivity contribution in [2.24, 2.45) is 5.73 Å². The van der Waals surface area contributed by atoms with Gasteiger partial charge in [-0.2, -0.15) is 0 Å². The maximum atomic E-state index is 12.4. The summed E-state index contributed by atoms with van der Waals surface area (Å²) in [5.74, 6) is -0.595. The number of rotatable bonds is 10. The van der Waals surface area contributed by atoms with Gasteiger partial charge in [-0.25, -0.2) is 0 Å². The second-order valence-corrected chi connectivity index (χ2v) is 7.12. The van der Waals surface area contributed by atoms with E-state index in [2.05, 4.69) is 10.6 Å². The third kappa shape index (κ3) is 6.70. The van der Waals surface area contributed by atoms with E-state index >= 15 is 0 Å². The van der Waals surface area contributed by atoms with Crippen molar-refractivity contribution in [3.63, 3.8) is 0 Å². The van der Waals surface area contributed by atoms with Crippen LogP contribution in [0.3, 0.4) is 0 Å². The second kappa shape index (κ2) is 11.3. The molecule has 0 unspecified atom stereocenters. The number of ether oxygens (including phenoxy) is 1. The normalized spacial score (nSPS) is 10.2. The first-order chi connectivity index (χ1) is 15.5. The molecule has 0 aliphatic heterocycles. The van der Waals surface area contributed by atoms with Crippen LogP contribution in [-0.2, 0) is 17.9 Å². The van der Waals surface area contributed by atoms with Crippen molar-refractivity contribution in [2.75, 3.05) is 6.54 Å². The van der Waals surface area contributed by atoms with Gasteiger partial charge < -0.3 is 21.1 Å². The van der Waals surface area contributed by atoms with E-state index in [9.17, 15) is 14.4 Å². The number of hydrogen-bond acceptors (Lipinski definition) is 4. The molecular formula is C25H25N3O4. The van der Waals surface area contributed by atoms with Gasteiger partial charge >= 0.3 is 0 Å². The van der Waals surface area contributed by atoms with Crippen LogP contribution in [0, 0.1) is 0 Å². The summed E-state index contributed by atoms with van der Waals surface area (Å²) in [7, 11) is 0. The summed E-state index contributed by atoms with van der Waals surface area (Å²) in [4.78, 5) is 35.9. The van der Waals surface area contributed by atoms with Crippen LogP contribution in [0.4, 0.5) is 0 Å². The van der Waals surface area contributed by atoms with E-state index in [0.717, 1.165) is 11.1 Å². The third-order valence-corrected chi connectivity index (χ3v) is 4.71. The summed E-state index contributed by atoms with van der Waals surface area (Å²) in [5.41, 5.74) is 7.90. The maximum absolute atomic E-state index is 12.4. The van der Waals surface area contributed by atoms with Gasteiger partial charge in [0, 0.05) is 25.1 Å². The van der Waals surface area contributed by atoms with E-state index in [1.807, 2.05) is 36.4 Å². The zero-order valence-corrected chi connectivity index (χ0v) is 17.5. The first-order valence-electron chi connectivity index (χ1n) is 10.2. The van der Waals surface area contributed by atoms with Crippen LogP contribution in [0.5, 0.6) is 5.75 Å². The van der Waals surface area contributed by atoms with Crippen molar-refractivity contribution < 1.29 is 19.1 Å². The number of hydrogen-bond donors (Lipinski definition) is 3. The Bertz CT molecular complexity index is 1080. The highest BCUT2D eigenvalue weighted by atomic mass is 16.5. The molecule has 0 bridgehead atoms. The maximum Gasteiger partial charge on any atom is 0.252 e. The summed E-state index contributed by atoms with van der Waals surface area (Å²) in [6, 6.07) is 23.3. The Hall–Kier alpha value is -4.13. The number of nitrogens with one attached hydrogen (secondary N) is 2. The van der Waals surface area contributed by atoms with Crippen molar-refractivity contribution in [2.45, 2.75) is 19.6 Å². The molecule has 0 saturated heterocycles. The molecule has 32 heavy (non-hydrogen) atoms. The van der Waals surface area contributed by atoms with Crippen LogP contribution in [0.2, 0.25) is 0 Å². The summed E-state index contributed by atoms with van der Waals surface area (Å²) in [6.07, 6.45) is 0.186. The molecule has 7 heteroatoms. The molecule has 4 N–H and O–H groups in total. The highest BCUT2D eigenvalue weighted by Crippen LogP contribution is 2.19. The molecule has 3 rings (SSSR count). The van der Waals surface area contributed by atoms with Gasteiger partial charge in [-0.05, 0) is 35.4 Å². The van der Waals surface area contributed by atoms with E-state index in [1.165, 1.54) is 0 Å². The monoisotopic (exact) mass is 431 g/mol. The predicted octanol–water partition coefficient (Wildman–Crippen LogP) is 2.80. The number of primary amides is 1. The zero-order valence-electron chi connectivity index (χ0n) is 17.5. The molecule has 0 radical (unpaired) electrons. The van der Waals surface area contributed by atoms with E-state index in [0.29, 0.717) is 23.4 Å². The summed E-state index contributed by atoms with van der Waals surface area (Å²) < 4.78 is 5.71. The van der Waals surface area contributed by atoms with Crippen LogP contribution in [0.1, 0.15) is 38.3 Å². The Balaban J connectivity index is 1.46. The van der Waals surface area contributed by atoms with Gasteiger partial charge in [-0.1, -0.05) is 54.6 Å². The fourth-order valence-corrected chi connectivity index (χ4v) is 3.04. The zero-order chi connectivity index (χ0) is 22.8. The first-order valence-corrected chi connectivity index (χ1v) is 10.2. The van der Waals surface area contributed by atoms with Gasteiger partial charge in [-0.3, -0.25) is 14.4 Å². The molecule has 0 atom stereocenters. The van der Waals surface area contributed by atoms with Crippen LogP contribution >= 0.6 is 0 Å². The number of para-hydroxylation sites is 1. The number of amides is 3. The Morgan fingerprint density at radius 1 is 0.812 bits per heavy atom. The number of carbonyl (C=O) groups excluding carboxylic acids is 3. The van der Waals surface area contributed by atoms with Crippen LogP contribution in [0.15, 0.2) is 78.9 Å². The fourth-order valence-electron chi connectivity index (χ4n) is 3.04. The van der Waals surface area contributed by atoms with Crippen molar-refractivity contribution in [3.05, 3.63) is 101 Å². The van der Waals surface area contributed by atoms with Crippen molar-refractivity contribution in [1.29, 1.82) is 0 Å². The third-order valence-electron chi connectivity index (χ3n) is 4.71. The fraction of sp³-hybridized carbons (Fsp3) is 0.160. The Labute approximate surface area is 186 Å². The Morgan fingerprint density at radius 2 is 1.53 bits per heavy atom. The smallest absolute Gasteiger partial charge is 0.252 e. The molecule has 7 nitrogen and oxygen atoms in total. The lowest BCUT2D eigenvalue weighted by Crippen LogP contribution is -2.30. The van der Waals surface area contributed by atoms with E-state index in [-0.39, 0.29) is 31.4 Å². The van der Waals surface area contributed by atoms with Gasteiger partial charge in [0.25, 0.3) is 11.8 Å². The topological polar surface area (TPSA) is 111 Å². The van der Waals surface area contributed by atoms with E-state index in [1.54, 1.807) is 42.5 Å². The minimum atomic E-state index is -0.568. The quantitative estimate of drug-likeness (QED) is 0.458. The van der Waals surface area contributed by atoms with Gasteiger partial charge in [0.15, 0.2) is 0 Å². The minimum absolute atomic E-state index is 0.135. The number of carbonyl (C=O) groups is 3. The van der Waals surface area contributed by atoms with Crippen LogP contribution in [0.25, 0.3) is 0 Å². The van der Waals surface area contributed by atoms with Gasteiger partial charge in [0.05, 0.1) is 5.56 Å². The van der Waals surface area contributed by atoms with Gasteiger partial charge in [0.1, 0.15) is 12.4 Å². The first kappa shape index (κ1) is 22.6. The van der Waals surface area contributed by atoms with E-state index in [4.69, 9.17) is 10.5 Å². The standard InChI is InChI=1S/C25H25N3O4/c26-24(30)21-11-4-5-12-22(21)32-17-19-9-6-10-20(15-19)25(31)27-14-13-23(29)28-16-18-7-2-1-3-8-18/h1-12,15H,13-14,16-17H2,(H2,26,30)(H,27,31)(H,28,29). The highest BCUT2D eigenvalue weighted by Gasteiger charge is 2.10. The molecule has 3 amide bonds.